The van der Waals surface area contributed by atoms with Crippen LogP contribution in [0.5, 0.6) is 0 Å². The SMILES string of the molecule is CCC(=O)C1(P)CCCCC1=O.CCOC(=O)C1(P)CC(C)CC1=O. The number of ether oxygens (including phenoxy) is 1. The van der Waals surface area contributed by atoms with E-state index in [1.165, 1.54) is 0 Å². The highest BCUT2D eigenvalue weighted by Gasteiger charge is 2.48. The molecule has 0 aliphatic heterocycles. The fourth-order valence-electron chi connectivity index (χ4n) is 3.35. The number of hydrogen-bond donors (Lipinski definition) is 0. The normalized spacial score (nSPS) is 32.0. The number of ketones is 3. The van der Waals surface area contributed by atoms with E-state index in [1.807, 2.05) is 13.8 Å². The van der Waals surface area contributed by atoms with Crippen molar-refractivity contribution in [3.63, 3.8) is 0 Å². The van der Waals surface area contributed by atoms with E-state index in [0.29, 0.717) is 32.3 Å². The highest BCUT2D eigenvalue weighted by atomic mass is 31.0. The number of esters is 1. The minimum atomic E-state index is -0.949. The Morgan fingerprint density at radius 1 is 1.12 bits per heavy atom. The van der Waals surface area contributed by atoms with Crippen LogP contribution < -0.4 is 0 Å². The van der Waals surface area contributed by atoms with E-state index < -0.39 is 16.3 Å². The lowest BCUT2D eigenvalue weighted by molar-refractivity contribution is -0.148. The Hall–Kier alpha value is -0.660. The zero-order chi connectivity index (χ0) is 19.3. The molecule has 0 saturated heterocycles. The Kier molecular flexibility index (Phi) is 8.35. The first-order valence-electron chi connectivity index (χ1n) is 8.96. The summed E-state index contributed by atoms with van der Waals surface area (Å²) in [6, 6.07) is 0. The van der Waals surface area contributed by atoms with Gasteiger partial charge in [-0.3, -0.25) is 19.2 Å². The number of rotatable bonds is 4. The van der Waals surface area contributed by atoms with Crippen LogP contribution in [0.1, 0.15) is 65.7 Å². The molecule has 5 nitrogen and oxygen atoms in total. The third kappa shape index (κ3) is 5.17. The number of Topliss-reactive ketones (excluding diaryl/α,β-unsaturated/α-hetero) is 3. The molecule has 0 radical (unpaired) electrons. The third-order valence-electron chi connectivity index (χ3n) is 4.88. The molecule has 2 saturated carbocycles. The van der Waals surface area contributed by atoms with Crippen LogP contribution in [-0.2, 0) is 23.9 Å². The third-order valence-corrected chi connectivity index (χ3v) is 6.61. The molecule has 5 unspecified atom stereocenters. The summed E-state index contributed by atoms with van der Waals surface area (Å²) < 4.78 is 4.87. The van der Waals surface area contributed by atoms with Crippen molar-refractivity contribution in [3.8, 4) is 0 Å². The van der Waals surface area contributed by atoms with Crippen LogP contribution in [0.15, 0.2) is 0 Å². The molecule has 7 heteroatoms. The summed E-state index contributed by atoms with van der Waals surface area (Å²) in [7, 11) is 4.82. The maximum absolute atomic E-state index is 11.5. The molecule has 25 heavy (non-hydrogen) atoms. The average Bonchev–Trinajstić information content (AvgIpc) is 2.84. The number of carbonyl (C=O) groups excluding carboxylic acids is 4. The van der Waals surface area contributed by atoms with Gasteiger partial charge in [0.1, 0.15) is 21.9 Å². The summed E-state index contributed by atoms with van der Waals surface area (Å²) in [5.74, 6) is 0.0787. The van der Waals surface area contributed by atoms with E-state index >= 15 is 0 Å². The van der Waals surface area contributed by atoms with Crippen LogP contribution in [0.2, 0.25) is 0 Å². The number of hydrogen-bond acceptors (Lipinski definition) is 5. The van der Waals surface area contributed by atoms with E-state index in [9.17, 15) is 19.2 Å². The van der Waals surface area contributed by atoms with Gasteiger partial charge in [-0.1, -0.05) is 20.3 Å². The molecule has 0 heterocycles. The predicted molar refractivity (Wildman–Crippen MR) is 104 cm³/mol. The molecule has 0 spiro atoms. The van der Waals surface area contributed by atoms with Crippen LogP contribution in [0.25, 0.3) is 0 Å². The molecule has 2 aliphatic rings. The summed E-state index contributed by atoms with van der Waals surface area (Å²) in [4.78, 5) is 45.9. The summed E-state index contributed by atoms with van der Waals surface area (Å²) in [5.41, 5.74) is 0. The van der Waals surface area contributed by atoms with Crippen molar-refractivity contribution in [1.82, 2.24) is 0 Å². The molecular formula is C18H30O5P2. The zero-order valence-electron chi connectivity index (χ0n) is 15.4. The van der Waals surface area contributed by atoms with Crippen LogP contribution >= 0.6 is 18.5 Å². The Morgan fingerprint density at radius 2 is 1.76 bits per heavy atom. The molecule has 0 aromatic heterocycles. The summed E-state index contributed by atoms with van der Waals surface area (Å²) in [6.07, 6.45) is 4.80. The lowest BCUT2D eigenvalue weighted by Gasteiger charge is -2.29. The van der Waals surface area contributed by atoms with Gasteiger partial charge >= 0.3 is 5.97 Å². The molecule has 142 valence electrons. The molecule has 0 aromatic carbocycles. The van der Waals surface area contributed by atoms with Crippen LogP contribution in [-0.4, -0.2) is 40.2 Å². The van der Waals surface area contributed by atoms with E-state index in [4.69, 9.17) is 4.74 Å². The molecule has 0 amide bonds. The standard InChI is InChI=1S/C9H15O3P.C9H15O2P/c1-3-12-8(11)9(13)5-6(2)4-7(9)10;1-2-7(10)9(12)6-4-3-5-8(9)11/h6H,3-5,13H2,1-2H3;2-6,12H2,1H3. The number of carbonyl (C=O) groups is 4. The predicted octanol–water partition coefficient (Wildman–Crippen LogP) is 2.88. The van der Waals surface area contributed by atoms with Crippen molar-refractivity contribution in [2.45, 2.75) is 76.0 Å². The summed E-state index contributed by atoms with van der Waals surface area (Å²) in [6.45, 7) is 5.87. The van der Waals surface area contributed by atoms with Crippen LogP contribution in [0, 0.1) is 5.92 Å². The first-order chi connectivity index (χ1) is 11.6. The monoisotopic (exact) mass is 388 g/mol. The maximum Gasteiger partial charge on any atom is 0.323 e. The quantitative estimate of drug-likeness (QED) is 0.420. The molecule has 2 aliphatic carbocycles. The van der Waals surface area contributed by atoms with Gasteiger partial charge in [0.2, 0.25) is 0 Å². The van der Waals surface area contributed by atoms with Crippen LogP contribution in [0.4, 0.5) is 0 Å². The van der Waals surface area contributed by atoms with Gasteiger partial charge in [-0.2, -0.15) is 0 Å². The fourth-order valence-corrected chi connectivity index (χ4v) is 4.51. The van der Waals surface area contributed by atoms with Crippen molar-refractivity contribution in [2.24, 2.45) is 5.92 Å². The minimum Gasteiger partial charge on any atom is -0.465 e. The van der Waals surface area contributed by atoms with Gasteiger partial charge in [0.25, 0.3) is 0 Å². The Bertz CT molecular complexity index is 538. The molecule has 2 fully saturated rings. The minimum absolute atomic E-state index is 0.0107. The van der Waals surface area contributed by atoms with Gasteiger partial charge < -0.3 is 4.74 Å². The van der Waals surface area contributed by atoms with Crippen molar-refractivity contribution in [1.29, 1.82) is 0 Å². The topological polar surface area (TPSA) is 77.5 Å². The summed E-state index contributed by atoms with van der Waals surface area (Å²) in [5, 5.41) is -1.66. The van der Waals surface area contributed by atoms with E-state index in [0.717, 1.165) is 19.3 Å². The fraction of sp³-hybridized carbons (Fsp3) is 0.778. The molecule has 5 atom stereocenters. The lowest BCUT2D eigenvalue weighted by Crippen LogP contribution is -2.42. The lowest BCUT2D eigenvalue weighted by atomic mass is 9.83. The second-order valence-corrected chi connectivity index (χ2v) is 8.98. The Morgan fingerprint density at radius 3 is 2.20 bits per heavy atom. The molecule has 0 bridgehead atoms. The van der Waals surface area contributed by atoms with Crippen molar-refractivity contribution in [2.75, 3.05) is 6.61 Å². The first-order valence-corrected chi connectivity index (χ1v) is 10.1. The average molecular weight is 388 g/mol. The van der Waals surface area contributed by atoms with Gasteiger partial charge in [-0.25, -0.2) is 0 Å². The Balaban J connectivity index is 0.000000251. The second kappa shape index (κ2) is 9.33. The van der Waals surface area contributed by atoms with Gasteiger partial charge in [-0.05, 0) is 32.1 Å². The van der Waals surface area contributed by atoms with Gasteiger partial charge in [-0.15, -0.1) is 18.5 Å². The maximum atomic E-state index is 11.5. The molecule has 0 N–H and O–H groups in total. The molecule has 0 aromatic rings. The zero-order valence-corrected chi connectivity index (χ0v) is 17.7. The van der Waals surface area contributed by atoms with Crippen molar-refractivity contribution < 1.29 is 23.9 Å². The molecular weight excluding hydrogens is 358 g/mol. The van der Waals surface area contributed by atoms with Crippen molar-refractivity contribution in [3.05, 3.63) is 0 Å². The smallest absolute Gasteiger partial charge is 0.323 e. The van der Waals surface area contributed by atoms with E-state index in [2.05, 4.69) is 18.5 Å². The van der Waals surface area contributed by atoms with Gasteiger partial charge in [0.15, 0.2) is 5.78 Å². The highest BCUT2D eigenvalue weighted by molar-refractivity contribution is 7.23. The van der Waals surface area contributed by atoms with Crippen LogP contribution in [0.3, 0.4) is 0 Å². The van der Waals surface area contributed by atoms with Gasteiger partial charge in [0, 0.05) is 19.3 Å². The van der Waals surface area contributed by atoms with E-state index in [1.54, 1.807) is 6.92 Å². The Labute approximate surface area is 154 Å². The summed E-state index contributed by atoms with van der Waals surface area (Å²) >= 11 is 0. The second-order valence-electron chi connectivity index (χ2n) is 7.01. The van der Waals surface area contributed by atoms with Crippen molar-refractivity contribution >= 4 is 41.8 Å². The molecule has 2 rings (SSSR count). The highest BCUT2D eigenvalue weighted by Crippen LogP contribution is 2.39. The first kappa shape index (κ1) is 22.4. The van der Waals surface area contributed by atoms with E-state index in [-0.39, 0.29) is 23.3 Å². The largest absolute Gasteiger partial charge is 0.465 e. The van der Waals surface area contributed by atoms with Gasteiger partial charge in [0.05, 0.1) is 6.61 Å².